The van der Waals surface area contributed by atoms with E-state index >= 15 is 0 Å². The lowest BCUT2D eigenvalue weighted by molar-refractivity contribution is -0.124. The smallest absolute Gasteiger partial charge is 0.330 e. The van der Waals surface area contributed by atoms with Crippen LogP contribution in [0.3, 0.4) is 0 Å². The molecular formula is C79H131N10O21P5. The largest absolute Gasteiger partial charge is 0.390 e. The SMILES string of the molecule is C=C1NC(=O)C=CN1C1O[C@H](CCP(=C)(C)C)[C@@H](O)[C@@]1(C)O.C=C1NC(=O)C=CN1C1O[C@H](CCP(=C)(C)C)[C@@H](O)[C@]1(C)O.C=C1NC(=O)C=CN1C1O[C@](C)(CCP(=C)(C)C)[C@@H](O)[C@H]1C.C=CCCc1cn(C2O[C@H](CCP(=C)(C)C)[C@@H](O)[C@H]2O)c(=O)[nH]c1=O.C=P(C)(C)CC[C@H]1OC(n2cc(CCC)c(=O)[nH]c2=O)[C@H](O)[C@@H]1O. The predicted octanol–water partition coefficient (Wildman–Crippen LogP) is 2.87. The number of nitrogens with zero attached hydrogens (tertiary/aromatic N) is 5. The minimum Gasteiger partial charge on any atom is -0.390 e. The molecule has 0 saturated carbocycles. The zero-order chi connectivity index (χ0) is 87.0. The van der Waals surface area contributed by atoms with Gasteiger partial charge in [-0.05, 0) is 170 Å². The van der Waals surface area contributed by atoms with Crippen LogP contribution in [0.25, 0.3) is 0 Å². The summed E-state index contributed by atoms with van der Waals surface area (Å²) in [5, 5.41) is 102. The minimum absolute atomic E-state index is 0.0901. The van der Waals surface area contributed by atoms with E-state index in [0.717, 1.165) is 48.2 Å². The molecular weight excluding hydrogens is 1580 g/mol. The Labute approximate surface area is 676 Å². The van der Waals surface area contributed by atoms with Crippen LogP contribution in [0.2, 0.25) is 0 Å². The Bertz CT molecular complexity index is 4340. The lowest BCUT2D eigenvalue weighted by Crippen LogP contribution is -2.53. The van der Waals surface area contributed by atoms with Gasteiger partial charge < -0.3 is 100 Å². The third-order valence-electron chi connectivity index (χ3n) is 20.9. The van der Waals surface area contributed by atoms with E-state index in [0.29, 0.717) is 73.5 Å². The zero-order valence-electron chi connectivity index (χ0n) is 69.7. The highest BCUT2D eigenvalue weighted by molar-refractivity contribution is 7.73. The van der Waals surface area contributed by atoms with Gasteiger partial charge in [-0.1, -0.05) is 46.1 Å². The van der Waals surface area contributed by atoms with Crippen molar-refractivity contribution < 1.29 is 84.0 Å². The molecule has 0 aliphatic carbocycles. The standard InChI is InChI=1S/C17H27N2O5P.C16H27N2O5P.C16H27N2O3P.2C15H25N2O4P/c1-5-6-7-11-10-19(17(23)18-15(11)22)16-14(21)13(20)12(24-16)8-9-25(2,3)4;1-5-6-10-9-18(16(22)17-14(10)21)15-13(20)12(19)11(23-15)7-8-24(2,3)4;1-11-14(20)16(3,8-10-22(4,5)6)21-15(11)18-9-7-13(19)17-12(18)2;2*1-10-16-12(18)6-8-17(10)14-15(2,20)13(19)11(21-14)7-9-22(3,4)5/h5,10,12-14,16,20-21H,1-2,6-9H2,3-4H3,(H,18,22,23);9,11-13,15,19-20H,2,5-8H2,1,3-4H3,(H,17,21,22);7,9,11,14-15,20H,2,4,8,10H2,1,3,5-6H3,(H,17,19);2*6,8,11,13-14,19-20H,1,3,7,9H2,2,4-5H3,(H,16,18)/t12-,13-,14-,16?;11-,12-,13-,15?;11-,14+,15?,16-;11-,13-,14?,15+;11-,13-,14?,15-/m11111/s1. The number of aromatic amines is 2. The molecule has 8 aliphatic rings. The molecule has 0 spiro atoms. The monoisotopic (exact) mass is 1710 g/mol. The number of rotatable bonds is 25. The maximum absolute atomic E-state index is 12.1. The molecule has 20 atom stereocenters. The molecule has 648 valence electrons. The van der Waals surface area contributed by atoms with Crippen LogP contribution in [0.4, 0.5) is 0 Å². The molecule has 0 bridgehead atoms. The van der Waals surface area contributed by atoms with Crippen LogP contribution < -0.4 is 38.4 Å². The van der Waals surface area contributed by atoms with Crippen molar-refractivity contribution >= 4 is 83.6 Å². The molecule has 115 heavy (non-hydrogen) atoms. The van der Waals surface area contributed by atoms with Gasteiger partial charge in [-0.2, -0.15) is 0 Å². The molecule has 2 aromatic heterocycles. The van der Waals surface area contributed by atoms with Crippen LogP contribution in [0.15, 0.2) is 118 Å². The molecule has 0 radical (unpaired) electrons. The number of hydrogen-bond acceptors (Lipinski definition) is 24. The summed E-state index contributed by atoms with van der Waals surface area (Å²) in [5.41, 5.74) is -4.89. The Morgan fingerprint density at radius 3 is 1.12 bits per heavy atom. The number of ether oxygens (including phenoxy) is 5. The highest BCUT2D eigenvalue weighted by Crippen LogP contribution is 2.47. The van der Waals surface area contributed by atoms with E-state index in [1.54, 1.807) is 17.2 Å². The first-order valence-corrected chi connectivity index (χ1v) is 53.7. The van der Waals surface area contributed by atoms with Crippen LogP contribution in [0.1, 0.15) is 103 Å². The van der Waals surface area contributed by atoms with E-state index in [1.807, 2.05) is 20.8 Å². The Balaban J connectivity index is 0.000000224. The van der Waals surface area contributed by atoms with Gasteiger partial charge >= 0.3 is 11.4 Å². The van der Waals surface area contributed by atoms with Crippen molar-refractivity contribution in [2.24, 2.45) is 5.92 Å². The second-order valence-electron chi connectivity index (χ2n) is 35.0. The Hall–Kier alpha value is -5.71. The van der Waals surface area contributed by atoms with Crippen molar-refractivity contribution in [3.05, 3.63) is 152 Å². The van der Waals surface area contributed by atoms with Gasteiger partial charge in [0, 0.05) is 66.3 Å². The first kappa shape index (κ1) is 98.1. The van der Waals surface area contributed by atoms with E-state index in [1.165, 1.54) is 71.2 Å². The van der Waals surface area contributed by atoms with Gasteiger partial charge in [-0.25, -0.2) is 9.59 Å². The number of aliphatic hydroxyl groups excluding tert-OH is 7. The molecule has 5 saturated heterocycles. The normalized spacial score (nSPS) is 32.1. The van der Waals surface area contributed by atoms with Crippen LogP contribution >= 0.6 is 34.4 Å². The number of aryl methyl sites for hydroxylation is 2. The second-order valence-corrected chi connectivity index (χ2v) is 56.6. The molecule has 10 rings (SSSR count). The van der Waals surface area contributed by atoms with Crippen LogP contribution in [-0.4, -0.2) is 329 Å². The third-order valence-corrected chi connectivity index (χ3v) is 28.2. The number of aromatic nitrogens is 4. The Kier molecular flexibility index (Phi) is 33.8. The molecule has 5 fully saturated rings. The number of H-pyrrole nitrogens is 2. The molecule has 8 aliphatic heterocycles. The van der Waals surface area contributed by atoms with Gasteiger partial charge in [0.1, 0.15) is 71.5 Å². The minimum atomic E-state index is -1.47. The van der Waals surface area contributed by atoms with Crippen molar-refractivity contribution in [1.82, 2.24) is 49.8 Å². The first-order chi connectivity index (χ1) is 52.8. The number of carbonyl (C=O) groups is 3. The highest BCUT2D eigenvalue weighted by atomic mass is 31.2. The lowest BCUT2D eigenvalue weighted by Gasteiger charge is -2.37. The summed E-state index contributed by atoms with van der Waals surface area (Å²) in [6.45, 7) is 38.9. The second kappa shape index (κ2) is 39.7. The molecule has 14 N–H and O–H groups in total. The van der Waals surface area contributed by atoms with Crippen molar-refractivity contribution in [2.75, 3.05) is 97.5 Å². The van der Waals surface area contributed by atoms with E-state index < -0.39 is 166 Å². The molecule has 2 aromatic rings. The van der Waals surface area contributed by atoms with Crippen molar-refractivity contribution in [3.63, 3.8) is 0 Å². The Morgan fingerprint density at radius 1 is 0.470 bits per heavy atom. The number of carbonyl (C=O) groups excluding carboxylic acids is 3. The van der Waals surface area contributed by atoms with Crippen molar-refractivity contribution in [1.29, 1.82) is 0 Å². The summed E-state index contributed by atoms with van der Waals surface area (Å²) < 4.78 is 31.8. The molecule has 5 unspecified atom stereocenters. The number of allylic oxidation sites excluding steroid dienone is 1. The van der Waals surface area contributed by atoms with Crippen molar-refractivity contribution in [2.45, 2.75) is 207 Å². The van der Waals surface area contributed by atoms with Crippen molar-refractivity contribution in [3.8, 4) is 0 Å². The van der Waals surface area contributed by atoms with E-state index in [9.17, 15) is 79.5 Å². The maximum Gasteiger partial charge on any atom is 0.330 e. The van der Waals surface area contributed by atoms with Crippen LogP contribution in [-0.2, 0) is 50.9 Å². The fraction of sp³-hybridized carbons (Fsp3) is 0.620. The summed E-state index contributed by atoms with van der Waals surface area (Å²) in [4.78, 5) is 91.2. The van der Waals surface area contributed by atoms with Gasteiger partial charge in [0.05, 0.1) is 36.1 Å². The van der Waals surface area contributed by atoms with Gasteiger partial charge in [0.15, 0.2) is 24.9 Å². The predicted molar refractivity (Wildman–Crippen MR) is 468 cm³/mol. The number of amides is 3. The summed E-state index contributed by atoms with van der Waals surface area (Å²) >= 11 is 0. The van der Waals surface area contributed by atoms with E-state index in [-0.39, 0.29) is 29.9 Å². The number of aliphatic hydroxyl groups is 9. The topological polar surface area (TPSA) is 435 Å². The summed E-state index contributed by atoms with van der Waals surface area (Å²) in [6.07, 6.45) is 30.6. The lowest BCUT2D eigenvalue weighted by atomic mass is 9.90. The fourth-order valence-corrected chi connectivity index (χ4v) is 18.8. The van der Waals surface area contributed by atoms with Gasteiger partial charge in [-0.15, -0.1) is 72.5 Å². The van der Waals surface area contributed by atoms with E-state index in [2.05, 4.69) is 150 Å². The zero-order valence-corrected chi connectivity index (χ0v) is 74.1. The van der Waals surface area contributed by atoms with E-state index in [4.69, 9.17) is 23.7 Å². The van der Waals surface area contributed by atoms with Gasteiger partial charge in [0.2, 0.25) is 0 Å². The molecule has 10 heterocycles. The summed E-state index contributed by atoms with van der Waals surface area (Å²) in [7, 11) is 0. The van der Waals surface area contributed by atoms with Gasteiger partial charge in [-0.3, -0.25) is 43.1 Å². The quantitative estimate of drug-likeness (QED) is 0.0502. The van der Waals surface area contributed by atoms with Gasteiger partial charge in [0.25, 0.3) is 28.8 Å². The Morgan fingerprint density at radius 2 is 0.800 bits per heavy atom. The maximum atomic E-state index is 12.1. The molecule has 0 aromatic carbocycles. The fourth-order valence-electron chi connectivity index (χ4n) is 13.9. The average molecular weight is 1710 g/mol. The van der Waals surface area contributed by atoms with Crippen LogP contribution in [0, 0.1) is 5.92 Å². The van der Waals surface area contributed by atoms with Crippen LogP contribution in [0.5, 0.6) is 0 Å². The number of nitrogens with one attached hydrogen (secondary N) is 5. The average Bonchev–Trinajstić information content (AvgIpc) is 1.35. The summed E-state index contributed by atoms with van der Waals surface area (Å²) in [6, 6.07) is 0. The molecule has 31 nitrogen and oxygen atoms in total. The summed E-state index contributed by atoms with van der Waals surface area (Å²) in [5.74, 6) is 0.266. The third kappa shape index (κ3) is 26.6. The molecule has 36 heteroatoms. The highest BCUT2D eigenvalue weighted by Gasteiger charge is 2.57. The molecule has 3 amide bonds. The number of hydrogen-bond donors (Lipinski definition) is 14. The first-order valence-electron chi connectivity index (χ1n) is 38.4.